The van der Waals surface area contributed by atoms with Gasteiger partial charge in [-0.2, -0.15) is 4.68 Å². The Morgan fingerprint density at radius 3 is 2.63 bits per heavy atom. The van der Waals surface area contributed by atoms with Gasteiger partial charge in [0.15, 0.2) is 17.5 Å². The highest BCUT2D eigenvalue weighted by Gasteiger charge is 2.19. The van der Waals surface area contributed by atoms with Crippen molar-refractivity contribution in [3.8, 4) is 34.0 Å². The number of aromatic nitrogens is 5. The Morgan fingerprint density at radius 2 is 1.81 bits per heavy atom. The van der Waals surface area contributed by atoms with Crippen LogP contribution in [-0.2, 0) is 0 Å². The minimum absolute atomic E-state index is 0.0609. The number of phenolic OH excluding ortho intramolecular Hbond substituents is 1. The fourth-order valence-corrected chi connectivity index (χ4v) is 2.69. The van der Waals surface area contributed by atoms with E-state index < -0.39 is 11.6 Å². The number of halogens is 2. The van der Waals surface area contributed by atoms with Gasteiger partial charge in [0.05, 0.1) is 5.56 Å². The Morgan fingerprint density at radius 1 is 1.00 bits per heavy atom. The van der Waals surface area contributed by atoms with Crippen molar-refractivity contribution in [1.82, 2.24) is 25.2 Å². The molecule has 27 heavy (non-hydrogen) atoms. The van der Waals surface area contributed by atoms with E-state index in [4.69, 9.17) is 5.73 Å². The van der Waals surface area contributed by atoms with Crippen LogP contribution in [0.5, 0.6) is 5.75 Å². The van der Waals surface area contributed by atoms with Crippen LogP contribution in [0.15, 0.2) is 54.7 Å². The maximum Gasteiger partial charge on any atom is 0.190 e. The summed E-state index contributed by atoms with van der Waals surface area (Å²) in [6, 6.07) is 12.0. The third kappa shape index (κ3) is 2.84. The van der Waals surface area contributed by atoms with E-state index >= 15 is 0 Å². The standard InChI is InChI=1S/C18H12F2N6O/c19-13-5-3-6-14(16(13)20)26-18(23-24-25-26)12-8-10(9-22-17(12)21)11-4-1-2-7-15(11)27/h1-9,27H,(H2,21,22). The van der Waals surface area contributed by atoms with Crippen LogP contribution in [0.4, 0.5) is 14.6 Å². The lowest BCUT2D eigenvalue weighted by molar-refractivity contribution is 0.477. The number of nitrogen functional groups attached to an aromatic ring is 1. The summed E-state index contributed by atoms with van der Waals surface area (Å²) < 4.78 is 28.8. The molecular formula is C18H12F2N6O. The first-order valence-electron chi connectivity index (χ1n) is 7.83. The Hall–Kier alpha value is -3.88. The molecule has 0 aliphatic heterocycles. The number of hydrogen-bond acceptors (Lipinski definition) is 6. The summed E-state index contributed by atoms with van der Waals surface area (Å²) in [4.78, 5) is 4.12. The van der Waals surface area contributed by atoms with E-state index in [-0.39, 0.29) is 23.1 Å². The molecule has 134 valence electrons. The SMILES string of the molecule is Nc1ncc(-c2ccccc2O)cc1-c1nnnn1-c1cccc(F)c1F. The maximum absolute atomic E-state index is 14.2. The first kappa shape index (κ1) is 16.6. The number of pyridine rings is 1. The molecular weight excluding hydrogens is 354 g/mol. The predicted molar refractivity (Wildman–Crippen MR) is 93.8 cm³/mol. The summed E-state index contributed by atoms with van der Waals surface area (Å²) in [6.45, 7) is 0. The number of anilines is 1. The Kier molecular flexibility index (Phi) is 3.96. The topological polar surface area (TPSA) is 103 Å². The molecule has 4 rings (SSSR count). The summed E-state index contributed by atoms with van der Waals surface area (Å²) in [6.07, 6.45) is 1.49. The average Bonchev–Trinajstić information content (AvgIpc) is 3.14. The molecule has 0 fully saturated rings. The van der Waals surface area contributed by atoms with Gasteiger partial charge in [-0.3, -0.25) is 0 Å². The fraction of sp³-hybridized carbons (Fsp3) is 0. The normalized spacial score (nSPS) is 10.9. The van der Waals surface area contributed by atoms with Crippen LogP contribution in [0, 0.1) is 11.6 Å². The predicted octanol–water partition coefficient (Wildman–Crippen LogP) is 2.96. The lowest BCUT2D eigenvalue weighted by atomic mass is 10.0. The molecule has 3 N–H and O–H groups in total. The fourth-order valence-electron chi connectivity index (χ4n) is 2.69. The highest BCUT2D eigenvalue weighted by atomic mass is 19.2. The van der Waals surface area contributed by atoms with Crippen molar-refractivity contribution in [2.24, 2.45) is 0 Å². The molecule has 0 bridgehead atoms. The van der Waals surface area contributed by atoms with Crippen molar-refractivity contribution in [1.29, 1.82) is 0 Å². The molecule has 0 spiro atoms. The molecule has 0 saturated heterocycles. The molecule has 9 heteroatoms. The zero-order valence-electron chi connectivity index (χ0n) is 13.7. The van der Waals surface area contributed by atoms with Crippen molar-refractivity contribution >= 4 is 5.82 Å². The van der Waals surface area contributed by atoms with E-state index in [1.165, 1.54) is 24.4 Å². The van der Waals surface area contributed by atoms with Gasteiger partial charge < -0.3 is 10.8 Å². The van der Waals surface area contributed by atoms with Gasteiger partial charge in [-0.05, 0) is 34.7 Å². The van der Waals surface area contributed by atoms with Crippen LogP contribution in [0.1, 0.15) is 0 Å². The van der Waals surface area contributed by atoms with Crippen molar-refractivity contribution in [2.75, 3.05) is 5.73 Å². The quantitative estimate of drug-likeness (QED) is 0.578. The van der Waals surface area contributed by atoms with E-state index in [1.54, 1.807) is 24.3 Å². The van der Waals surface area contributed by atoms with Crippen molar-refractivity contribution in [3.63, 3.8) is 0 Å². The Balaban J connectivity index is 1.89. The van der Waals surface area contributed by atoms with Crippen LogP contribution in [0.2, 0.25) is 0 Å². The van der Waals surface area contributed by atoms with Gasteiger partial charge in [0, 0.05) is 17.3 Å². The number of rotatable bonds is 3. The number of benzene rings is 2. The number of phenols is 1. The first-order valence-corrected chi connectivity index (χ1v) is 7.83. The third-order valence-corrected chi connectivity index (χ3v) is 4.00. The van der Waals surface area contributed by atoms with Gasteiger partial charge in [0.2, 0.25) is 0 Å². The Bertz CT molecular complexity index is 1140. The van der Waals surface area contributed by atoms with Crippen molar-refractivity contribution in [2.45, 2.75) is 0 Å². The minimum Gasteiger partial charge on any atom is -0.507 e. The molecule has 0 saturated carbocycles. The van der Waals surface area contributed by atoms with Crippen LogP contribution >= 0.6 is 0 Å². The molecule has 7 nitrogen and oxygen atoms in total. The molecule has 0 unspecified atom stereocenters. The maximum atomic E-state index is 14.2. The number of hydrogen-bond donors (Lipinski definition) is 2. The van der Waals surface area contributed by atoms with Crippen molar-refractivity contribution < 1.29 is 13.9 Å². The first-order chi connectivity index (χ1) is 13.1. The second-order valence-corrected chi connectivity index (χ2v) is 5.66. The average molecular weight is 366 g/mol. The summed E-state index contributed by atoms with van der Waals surface area (Å²) >= 11 is 0. The summed E-state index contributed by atoms with van der Waals surface area (Å²) in [7, 11) is 0. The van der Waals surface area contributed by atoms with Crippen LogP contribution in [0.3, 0.4) is 0 Å². The number of tetrazole rings is 1. The number of aromatic hydroxyl groups is 1. The molecule has 2 aromatic carbocycles. The minimum atomic E-state index is -1.09. The highest BCUT2D eigenvalue weighted by Crippen LogP contribution is 2.33. The van der Waals surface area contributed by atoms with E-state index in [0.29, 0.717) is 16.7 Å². The molecule has 0 atom stereocenters. The number of para-hydroxylation sites is 1. The molecule has 0 aliphatic carbocycles. The molecule has 0 amide bonds. The molecule has 4 aromatic rings. The van der Waals surface area contributed by atoms with Crippen LogP contribution < -0.4 is 5.73 Å². The summed E-state index contributed by atoms with van der Waals surface area (Å²) in [5.74, 6) is -1.87. The van der Waals surface area contributed by atoms with Gasteiger partial charge in [-0.25, -0.2) is 13.8 Å². The Labute approximate surface area is 151 Å². The zero-order chi connectivity index (χ0) is 19.0. The monoisotopic (exact) mass is 366 g/mol. The summed E-state index contributed by atoms with van der Waals surface area (Å²) in [5.41, 5.74) is 7.20. The highest BCUT2D eigenvalue weighted by molar-refractivity contribution is 5.78. The van der Waals surface area contributed by atoms with Gasteiger partial charge in [0.1, 0.15) is 17.3 Å². The van der Waals surface area contributed by atoms with E-state index in [2.05, 4.69) is 20.5 Å². The third-order valence-electron chi connectivity index (χ3n) is 4.00. The van der Waals surface area contributed by atoms with Gasteiger partial charge >= 0.3 is 0 Å². The lowest BCUT2D eigenvalue weighted by Gasteiger charge is -2.10. The van der Waals surface area contributed by atoms with E-state index in [9.17, 15) is 13.9 Å². The van der Waals surface area contributed by atoms with Gasteiger partial charge in [0.25, 0.3) is 0 Å². The molecule has 0 aliphatic rings. The second-order valence-electron chi connectivity index (χ2n) is 5.66. The number of nitrogens with zero attached hydrogens (tertiary/aromatic N) is 5. The van der Waals surface area contributed by atoms with Gasteiger partial charge in [-0.15, -0.1) is 5.10 Å². The van der Waals surface area contributed by atoms with Crippen LogP contribution in [0.25, 0.3) is 28.2 Å². The largest absolute Gasteiger partial charge is 0.507 e. The van der Waals surface area contributed by atoms with E-state index in [1.807, 2.05) is 0 Å². The number of nitrogens with two attached hydrogens (primary N) is 1. The summed E-state index contributed by atoms with van der Waals surface area (Å²) in [5, 5.41) is 21.2. The second kappa shape index (κ2) is 6.45. The van der Waals surface area contributed by atoms with Gasteiger partial charge in [-0.1, -0.05) is 24.3 Å². The smallest absolute Gasteiger partial charge is 0.190 e. The molecule has 2 aromatic heterocycles. The van der Waals surface area contributed by atoms with Crippen LogP contribution in [-0.4, -0.2) is 30.3 Å². The lowest BCUT2D eigenvalue weighted by Crippen LogP contribution is -2.06. The molecule has 0 radical (unpaired) electrons. The van der Waals surface area contributed by atoms with E-state index in [0.717, 1.165) is 10.7 Å². The molecule has 2 heterocycles. The zero-order valence-corrected chi connectivity index (χ0v) is 13.7. The van der Waals surface area contributed by atoms with Crippen molar-refractivity contribution in [3.05, 3.63) is 66.4 Å².